The number of hydrogen-bond donors (Lipinski definition) is 2. The maximum absolute atomic E-state index is 12.9. The summed E-state index contributed by atoms with van der Waals surface area (Å²) >= 11 is 0. The van der Waals surface area contributed by atoms with Gasteiger partial charge < -0.3 is 28.8 Å². The Balaban J connectivity index is 4.37. The summed E-state index contributed by atoms with van der Waals surface area (Å²) in [6.07, 6.45) is 70.1. The van der Waals surface area contributed by atoms with Gasteiger partial charge in [-0.2, -0.15) is 0 Å². The molecule has 0 spiro atoms. The molecule has 1 amide bonds. The molecule has 8 nitrogen and oxygen atoms in total. The van der Waals surface area contributed by atoms with Gasteiger partial charge in [-0.25, -0.2) is 0 Å². The van der Waals surface area contributed by atoms with E-state index in [1.807, 2.05) is 27.2 Å². The Labute approximate surface area is 412 Å². The standard InChI is InChI=1S/C58H101N2O6P/c1-6-8-10-12-14-16-18-20-22-24-26-27-28-29-30-31-32-33-34-36-38-40-42-44-46-48-50-52-58(62)59-56(55-66-67(63,64)65-54-53-60(3,4)5)57(61)51-49-47-45-43-41-39-37-35-25-23-21-19-17-15-13-11-9-7-2/h8,10,14,16,20,22,25-27,29-30,32-33,35,41,43,49,51,56-57,61H,6-7,9,11-13,15,17-19,21,23-24,28,31,34,36-40,42,44-48,50,52-55H2,1-5H3,(H-,59,62,63,64)/b10-8-,16-14-,22-20-,27-26-,30-29-,33-32-,35-25+,43-41+,51-49+. The average Bonchev–Trinajstić information content (AvgIpc) is 3.29. The number of hydrogen-bond acceptors (Lipinski definition) is 6. The molecular formula is C58H101N2O6P. The van der Waals surface area contributed by atoms with E-state index < -0.39 is 26.6 Å². The SMILES string of the molecule is CC/C=C\C/C=C\C/C=C\C/C=C\C/C=C\C/C=C\CCCCCCCCCCC(=O)NC(COP(=O)([O-])OCC[N+](C)(C)C)C(O)/C=C/CC/C=C/CC/C=C/CCCCCCCCCC. The van der Waals surface area contributed by atoms with Crippen molar-refractivity contribution < 1.29 is 32.9 Å². The predicted molar refractivity (Wildman–Crippen MR) is 288 cm³/mol. The van der Waals surface area contributed by atoms with Crippen molar-refractivity contribution in [2.75, 3.05) is 40.9 Å². The van der Waals surface area contributed by atoms with Gasteiger partial charge in [-0.15, -0.1) is 0 Å². The molecule has 384 valence electrons. The third kappa shape index (κ3) is 50.9. The van der Waals surface area contributed by atoms with Crippen LogP contribution in [0.1, 0.15) is 200 Å². The number of nitrogens with zero attached hydrogens (tertiary/aromatic N) is 1. The molecule has 3 atom stereocenters. The molecule has 0 aliphatic carbocycles. The second-order valence-electron chi connectivity index (χ2n) is 18.8. The molecule has 0 saturated heterocycles. The maximum atomic E-state index is 12.9. The normalized spacial score (nSPS) is 14.9. The van der Waals surface area contributed by atoms with E-state index in [0.29, 0.717) is 17.4 Å². The van der Waals surface area contributed by atoms with Crippen molar-refractivity contribution in [3.05, 3.63) is 109 Å². The number of aliphatic hydroxyl groups excluding tert-OH is 1. The highest BCUT2D eigenvalue weighted by Gasteiger charge is 2.23. The zero-order valence-electron chi connectivity index (χ0n) is 43.6. The summed E-state index contributed by atoms with van der Waals surface area (Å²) in [5.74, 6) is -0.225. The number of carbonyl (C=O) groups excluding carboxylic acids is 1. The summed E-state index contributed by atoms with van der Waals surface area (Å²) in [4.78, 5) is 25.4. The van der Waals surface area contributed by atoms with Crippen molar-refractivity contribution in [1.29, 1.82) is 0 Å². The quantitative estimate of drug-likeness (QED) is 0.0272. The van der Waals surface area contributed by atoms with Crippen molar-refractivity contribution in [2.24, 2.45) is 0 Å². The summed E-state index contributed by atoms with van der Waals surface area (Å²) < 4.78 is 23.3. The third-order valence-electron chi connectivity index (χ3n) is 11.2. The molecule has 0 rings (SSSR count). The van der Waals surface area contributed by atoms with Gasteiger partial charge in [0.15, 0.2) is 0 Å². The topological polar surface area (TPSA) is 108 Å². The number of nitrogens with one attached hydrogen (secondary N) is 1. The van der Waals surface area contributed by atoms with Crippen molar-refractivity contribution in [2.45, 2.75) is 212 Å². The molecule has 3 unspecified atom stereocenters. The van der Waals surface area contributed by atoms with Crippen LogP contribution in [0, 0.1) is 0 Å². The highest BCUT2D eigenvalue weighted by molar-refractivity contribution is 7.45. The molecule has 0 aromatic carbocycles. The number of phosphoric ester groups is 1. The minimum absolute atomic E-state index is 0.0167. The zero-order valence-corrected chi connectivity index (χ0v) is 44.5. The first-order chi connectivity index (χ1) is 32.5. The van der Waals surface area contributed by atoms with Gasteiger partial charge in [0.2, 0.25) is 5.91 Å². The molecule has 0 aromatic rings. The number of amides is 1. The molecule has 0 fully saturated rings. The van der Waals surface area contributed by atoms with Crippen LogP contribution in [-0.2, 0) is 18.4 Å². The lowest BCUT2D eigenvalue weighted by Gasteiger charge is -2.29. The first-order valence-corrected chi connectivity index (χ1v) is 28.2. The Morgan fingerprint density at radius 1 is 0.537 bits per heavy atom. The summed E-state index contributed by atoms with van der Waals surface area (Å²) in [5.41, 5.74) is 0. The summed E-state index contributed by atoms with van der Waals surface area (Å²) in [6, 6.07) is -0.922. The van der Waals surface area contributed by atoms with Gasteiger partial charge in [0, 0.05) is 6.42 Å². The molecule has 0 bridgehead atoms. The van der Waals surface area contributed by atoms with Crippen LogP contribution >= 0.6 is 7.82 Å². The van der Waals surface area contributed by atoms with Gasteiger partial charge in [0.05, 0.1) is 39.9 Å². The second kappa shape index (κ2) is 48.2. The maximum Gasteiger partial charge on any atom is 0.268 e. The van der Waals surface area contributed by atoms with Crippen LogP contribution in [0.15, 0.2) is 109 Å². The smallest absolute Gasteiger partial charge is 0.268 e. The Kier molecular flexibility index (Phi) is 46.2. The Hall–Kier alpha value is -2.84. The van der Waals surface area contributed by atoms with E-state index in [1.54, 1.807) is 6.08 Å². The minimum atomic E-state index is -4.62. The van der Waals surface area contributed by atoms with Crippen LogP contribution in [0.2, 0.25) is 0 Å². The number of phosphoric acid groups is 1. The highest BCUT2D eigenvalue weighted by Crippen LogP contribution is 2.38. The van der Waals surface area contributed by atoms with Crippen LogP contribution in [0.4, 0.5) is 0 Å². The summed E-state index contributed by atoms with van der Waals surface area (Å²) in [5, 5.41) is 13.8. The van der Waals surface area contributed by atoms with E-state index in [2.05, 4.69) is 116 Å². The fourth-order valence-corrected chi connectivity index (χ4v) is 7.73. The molecule has 0 saturated carbocycles. The van der Waals surface area contributed by atoms with E-state index in [1.165, 1.54) is 83.5 Å². The first-order valence-electron chi connectivity index (χ1n) is 26.7. The van der Waals surface area contributed by atoms with Crippen molar-refractivity contribution >= 4 is 13.7 Å². The Morgan fingerprint density at radius 2 is 0.925 bits per heavy atom. The van der Waals surface area contributed by atoms with Crippen molar-refractivity contribution in [1.82, 2.24) is 5.32 Å². The zero-order chi connectivity index (χ0) is 49.2. The van der Waals surface area contributed by atoms with Crippen LogP contribution in [-0.4, -0.2) is 68.5 Å². The van der Waals surface area contributed by atoms with E-state index in [4.69, 9.17) is 9.05 Å². The number of unbranched alkanes of at least 4 members (excludes halogenated alkanes) is 18. The lowest BCUT2D eigenvalue weighted by atomic mass is 10.1. The van der Waals surface area contributed by atoms with E-state index >= 15 is 0 Å². The highest BCUT2D eigenvalue weighted by atomic mass is 31.2. The van der Waals surface area contributed by atoms with Gasteiger partial charge in [0.25, 0.3) is 7.82 Å². The molecule has 0 heterocycles. The predicted octanol–water partition coefficient (Wildman–Crippen LogP) is 15.4. The van der Waals surface area contributed by atoms with E-state index in [-0.39, 0.29) is 12.5 Å². The van der Waals surface area contributed by atoms with Crippen LogP contribution in [0.5, 0.6) is 0 Å². The number of rotatable bonds is 47. The van der Waals surface area contributed by atoms with E-state index in [0.717, 1.165) is 96.3 Å². The molecule has 0 radical (unpaired) electrons. The molecular weight excluding hydrogens is 852 g/mol. The van der Waals surface area contributed by atoms with Gasteiger partial charge in [-0.3, -0.25) is 9.36 Å². The fraction of sp³-hybridized carbons (Fsp3) is 0.672. The molecule has 67 heavy (non-hydrogen) atoms. The van der Waals surface area contributed by atoms with Gasteiger partial charge in [-0.05, 0) is 96.3 Å². The summed E-state index contributed by atoms with van der Waals surface area (Å²) in [7, 11) is 1.21. The fourth-order valence-electron chi connectivity index (χ4n) is 7.01. The van der Waals surface area contributed by atoms with Gasteiger partial charge in [-0.1, -0.05) is 207 Å². The van der Waals surface area contributed by atoms with Crippen molar-refractivity contribution in [3.63, 3.8) is 0 Å². The monoisotopic (exact) mass is 953 g/mol. The van der Waals surface area contributed by atoms with Gasteiger partial charge >= 0.3 is 0 Å². The molecule has 9 heteroatoms. The number of quaternary nitrogens is 1. The van der Waals surface area contributed by atoms with Crippen LogP contribution < -0.4 is 10.2 Å². The number of allylic oxidation sites excluding steroid dienone is 17. The second-order valence-corrected chi connectivity index (χ2v) is 20.2. The van der Waals surface area contributed by atoms with E-state index in [9.17, 15) is 19.4 Å². The largest absolute Gasteiger partial charge is 0.756 e. The molecule has 2 N–H and O–H groups in total. The Bertz CT molecular complexity index is 1450. The third-order valence-corrected chi connectivity index (χ3v) is 12.2. The first kappa shape index (κ1) is 64.2. The average molecular weight is 953 g/mol. The number of carbonyl (C=O) groups is 1. The summed E-state index contributed by atoms with van der Waals surface area (Å²) in [6.45, 7) is 4.48. The lowest BCUT2D eigenvalue weighted by molar-refractivity contribution is -0.870. The lowest BCUT2D eigenvalue weighted by Crippen LogP contribution is -2.45. The molecule has 0 aromatic heterocycles. The number of likely N-dealkylation sites (N-methyl/N-ethyl adjacent to an activating group) is 1. The number of aliphatic hydroxyl groups is 1. The Morgan fingerprint density at radius 3 is 1.39 bits per heavy atom. The van der Waals surface area contributed by atoms with Gasteiger partial charge in [0.1, 0.15) is 13.2 Å². The van der Waals surface area contributed by atoms with Crippen LogP contribution in [0.25, 0.3) is 0 Å². The molecule has 0 aliphatic rings. The van der Waals surface area contributed by atoms with Crippen molar-refractivity contribution in [3.8, 4) is 0 Å². The molecule has 0 aliphatic heterocycles. The minimum Gasteiger partial charge on any atom is -0.756 e. The van der Waals surface area contributed by atoms with Crippen LogP contribution in [0.3, 0.4) is 0 Å².